The summed E-state index contributed by atoms with van der Waals surface area (Å²) in [6.45, 7) is 6.63. The van der Waals surface area contributed by atoms with Crippen LogP contribution in [0.2, 0.25) is 5.02 Å². The molecule has 1 saturated heterocycles. The number of aromatic nitrogens is 2. The Bertz CT molecular complexity index is 809. The normalized spacial score (nSPS) is 16.5. The molecule has 1 aromatic carbocycles. The third-order valence-corrected chi connectivity index (χ3v) is 6.66. The van der Waals surface area contributed by atoms with Gasteiger partial charge in [-0.25, -0.2) is 8.42 Å². The van der Waals surface area contributed by atoms with Crippen LogP contribution in [0.25, 0.3) is 0 Å². The molecule has 0 bridgehead atoms. The molecule has 6 nitrogen and oxygen atoms in total. The first-order chi connectivity index (χ1) is 11.4. The molecule has 2 aromatic rings. The Morgan fingerprint density at radius 1 is 1.12 bits per heavy atom. The summed E-state index contributed by atoms with van der Waals surface area (Å²) in [6.07, 6.45) is 1.46. The van der Waals surface area contributed by atoms with Gasteiger partial charge in [-0.1, -0.05) is 11.6 Å². The summed E-state index contributed by atoms with van der Waals surface area (Å²) in [5.74, 6) is 0. The number of hydrogen-bond donors (Lipinski definition) is 0. The van der Waals surface area contributed by atoms with E-state index >= 15 is 0 Å². The van der Waals surface area contributed by atoms with E-state index in [1.54, 1.807) is 15.9 Å². The lowest BCUT2D eigenvalue weighted by Gasteiger charge is -2.35. The van der Waals surface area contributed by atoms with E-state index in [1.807, 2.05) is 31.2 Å². The first-order valence-corrected chi connectivity index (χ1v) is 9.78. The molecular formula is C16H21ClN4O2S. The molecule has 0 spiro atoms. The predicted octanol–water partition coefficient (Wildman–Crippen LogP) is 2.38. The van der Waals surface area contributed by atoms with Gasteiger partial charge in [-0.15, -0.1) is 0 Å². The molecule has 1 aromatic heterocycles. The van der Waals surface area contributed by atoms with Gasteiger partial charge < -0.3 is 4.90 Å². The Hall–Kier alpha value is -1.57. The fourth-order valence-corrected chi connectivity index (χ4v) is 4.69. The zero-order chi connectivity index (χ0) is 17.3. The van der Waals surface area contributed by atoms with Gasteiger partial charge in [-0.2, -0.15) is 9.40 Å². The van der Waals surface area contributed by atoms with Crippen LogP contribution in [0.4, 0.5) is 5.69 Å². The van der Waals surface area contributed by atoms with Gasteiger partial charge in [-0.05, 0) is 38.1 Å². The van der Waals surface area contributed by atoms with Crippen molar-refractivity contribution in [2.24, 2.45) is 0 Å². The first-order valence-electron chi connectivity index (χ1n) is 7.96. The number of piperazine rings is 1. The highest BCUT2D eigenvalue weighted by atomic mass is 35.5. The third kappa shape index (κ3) is 3.16. The maximum atomic E-state index is 12.9. The van der Waals surface area contributed by atoms with Crippen LogP contribution in [-0.4, -0.2) is 48.7 Å². The second kappa shape index (κ2) is 6.74. The Kier molecular flexibility index (Phi) is 4.85. The molecule has 0 aliphatic carbocycles. The van der Waals surface area contributed by atoms with Gasteiger partial charge in [0, 0.05) is 43.4 Å². The molecule has 0 N–H and O–H groups in total. The second-order valence-corrected chi connectivity index (χ2v) is 8.12. The van der Waals surface area contributed by atoms with Crippen molar-refractivity contribution in [3.63, 3.8) is 0 Å². The smallest absolute Gasteiger partial charge is 0.246 e. The van der Waals surface area contributed by atoms with Crippen molar-refractivity contribution in [1.82, 2.24) is 14.1 Å². The molecule has 2 heterocycles. The monoisotopic (exact) mass is 368 g/mol. The van der Waals surface area contributed by atoms with E-state index < -0.39 is 10.0 Å². The quantitative estimate of drug-likeness (QED) is 0.831. The van der Waals surface area contributed by atoms with Gasteiger partial charge >= 0.3 is 0 Å². The molecule has 0 saturated carbocycles. The largest absolute Gasteiger partial charge is 0.369 e. The van der Waals surface area contributed by atoms with Gasteiger partial charge in [0.1, 0.15) is 4.90 Å². The van der Waals surface area contributed by atoms with Crippen molar-refractivity contribution in [2.75, 3.05) is 31.1 Å². The van der Waals surface area contributed by atoms with Crippen LogP contribution in [0.1, 0.15) is 12.6 Å². The van der Waals surface area contributed by atoms with Gasteiger partial charge in [0.25, 0.3) is 0 Å². The van der Waals surface area contributed by atoms with E-state index in [0.717, 1.165) is 5.69 Å². The van der Waals surface area contributed by atoms with Gasteiger partial charge in [0.15, 0.2) is 0 Å². The molecule has 0 amide bonds. The number of aryl methyl sites for hydroxylation is 1. The van der Waals surface area contributed by atoms with Crippen LogP contribution < -0.4 is 4.90 Å². The minimum Gasteiger partial charge on any atom is -0.369 e. The minimum absolute atomic E-state index is 0.310. The molecule has 0 atom stereocenters. The number of rotatable bonds is 4. The van der Waals surface area contributed by atoms with Gasteiger partial charge in [-0.3, -0.25) is 4.68 Å². The van der Waals surface area contributed by atoms with Crippen LogP contribution in [0.5, 0.6) is 0 Å². The summed E-state index contributed by atoms with van der Waals surface area (Å²) in [7, 11) is -3.49. The number of sulfonamides is 1. The molecule has 8 heteroatoms. The van der Waals surface area contributed by atoms with Crippen molar-refractivity contribution in [1.29, 1.82) is 0 Å². The molecule has 1 fully saturated rings. The summed E-state index contributed by atoms with van der Waals surface area (Å²) in [4.78, 5) is 2.48. The summed E-state index contributed by atoms with van der Waals surface area (Å²) in [6, 6.07) is 7.62. The van der Waals surface area contributed by atoms with Crippen molar-refractivity contribution in [3.05, 3.63) is 41.2 Å². The van der Waals surface area contributed by atoms with E-state index in [4.69, 9.17) is 11.6 Å². The number of anilines is 1. The standard InChI is InChI=1S/C16H21ClN4O2S/c1-3-21-13(2)16(12-18-21)24(22,23)20-10-8-19(9-11-20)15-6-4-14(17)5-7-15/h4-7,12H,3,8-11H2,1-2H3. The summed E-state index contributed by atoms with van der Waals surface area (Å²) in [5.41, 5.74) is 1.75. The maximum Gasteiger partial charge on any atom is 0.246 e. The summed E-state index contributed by atoms with van der Waals surface area (Å²) >= 11 is 5.92. The van der Waals surface area contributed by atoms with Gasteiger partial charge in [0.2, 0.25) is 10.0 Å². The third-order valence-electron chi connectivity index (χ3n) is 4.41. The fourth-order valence-electron chi connectivity index (χ4n) is 2.98. The lowest BCUT2D eigenvalue weighted by molar-refractivity contribution is 0.384. The Labute approximate surface area is 147 Å². The van der Waals surface area contributed by atoms with Crippen molar-refractivity contribution >= 4 is 27.3 Å². The zero-order valence-corrected chi connectivity index (χ0v) is 15.4. The highest BCUT2D eigenvalue weighted by Crippen LogP contribution is 2.24. The topological polar surface area (TPSA) is 58.4 Å². The van der Waals surface area contributed by atoms with Crippen LogP contribution in [0.3, 0.4) is 0 Å². The second-order valence-electron chi connectivity index (χ2n) is 5.78. The first kappa shape index (κ1) is 17.3. The summed E-state index contributed by atoms with van der Waals surface area (Å²) < 4.78 is 29.0. The molecule has 3 rings (SSSR count). The van der Waals surface area contributed by atoms with Gasteiger partial charge in [0.05, 0.1) is 11.9 Å². The van der Waals surface area contributed by atoms with E-state index in [2.05, 4.69) is 10.00 Å². The number of nitrogens with zero attached hydrogens (tertiary/aromatic N) is 4. The number of hydrogen-bond acceptors (Lipinski definition) is 4. The molecule has 130 valence electrons. The summed E-state index contributed by atoms with van der Waals surface area (Å²) in [5, 5.41) is 4.85. The average Bonchev–Trinajstić information content (AvgIpc) is 2.97. The van der Waals surface area contributed by atoms with Crippen LogP contribution in [-0.2, 0) is 16.6 Å². The van der Waals surface area contributed by atoms with E-state index in [1.165, 1.54) is 6.20 Å². The highest BCUT2D eigenvalue weighted by molar-refractivity contribution is 7.89. The molecule has 0 unspecified atom stereocenters. The molecule has 1 aliphatic rings. The molecule has 24 heavy (non-hydrogen) atoms. The lowest BCUT2D eigenvalue weighted by atomic mass is 10.2. The zero-order valence-electron chi connectivity index (χ0n) is 13.8. The van der Waals surface area contributed by atoms with E-state index in [9.17, 15) is 8.42 Å². The SMILES string of the molecule is CCn1ncc(S(=O)(=O)N2CCN(c3ccc(Cl)cc3)CC2)c1C. The van der Waals surface area contributed by atoms with E-state index in [-0.39, 0.29) is 0 Å². The Morgan fingerprint density at radius 3 is 2.29 bits per heavy atom. The Balaban J connectivity index is 1.73. The highest BCUT2D eigenvalue weighted by Gasteiger charge is 2.31. The minimum atomic E-state index is -3.49. The van der Waals surface area contributed by atoms with Crippen LogP contribution >= 0.6 is 11.6 Å². The molecule has 0 radical (unpaired) electrons. The van der Waals surface area contributed by atoms with Crippen LogP contribution in [0, 0.1) is 6.92 Å². The number of benzene rings is 1. The molecular weight excluding hydrogens is 348 g/mol. The maximum absolute atomic E-state index is 12.9. The molecule has 1 aliphatic heterocycles. The van der Waals surface area contributed by atoms with Crippen LogP contribution in [0.15, 0.2) is 35.4 Å². The predicted molar refractivity (Wildman–Crippen MR) is 95.1 cm³/mol. The fraction of sp³-hybridized carbons (Fsp3) is 0.438. The Morgan fingerprint density at radius 2 is 1.75 bits per heavy atom. The lowest BCUT2D eigenvalue weighted by Crippen LogP contribution is -2.48. The van der Waals surface area contributed by atoms with Crippen molar-refractivity contribution < 1.29 is 8.42 Å². The van der Waals surface area contributed by atoms with Crippen molar-refractivity contribution in [3.8, 4) is 0 Å². The average molecular weight is 369 g/mol. The number of halogens is 1. The van der Waals surface area contributed by atoms with Crippen molar-refractivity contribution in [2.45, 2.75) is 25.3 Å². The van der Waals surface area contributed by atoms with E-state index in [0.29, 0.717) is 48.3 Å².